The van der Waals surface area contributed by atoms with Gasteiger partial charge < -0.3 is 9.47 Å². The lowest BCUT2D eigenvalue weighted by atomic mass is 9.90. The minimum atomic E-state index is 0.145. The van der Waals surface area contributed by atoms with E-state index in [0.717, 1.165) is 25.4 Å². The fourth-order valence-corrected chi connectivity index (χ4v) is 3.24. The third-order valence-corrected chi connectivity index (χ3v) is 4.75. The van der Waals surface area contributed by atoms with Crippen LogP contribution < -0.4 is 4.74 Å². The van der Waals surface area contributed by atoms with Crippen LogP contribution in [-0.2, 0) is 11.2 Å². The molecule has 1 heterocycles. The van der Waals surface area contributed by atoms with Crippen LogP contribution >= 0.6 is 0 Å². The quantitative estimate of drug-likeness (QED) is 0.634. The molecule has 0 spiro atoms. The van der Waals surface area contributed by atoms with Gasteiger partial charge in [-0.05, 0) is 28.8 Å². The van der Waals surface area contributed by atoms with Crippen LogP contribution in [0.2, 0.25) is 0 Å². The molecule has 0 atom stereocenters. The monoisotopic (exact) mass is 306 g/mol. The normalized spacial score (nSPS) is 16.4. The molecule has 23 heavy (non-hydrogen) atoms. The van der Waals surface area contributed by atoms with Crippen molar-refractivity contribution in [2.75, 3.05) is 19.8 Å². The van der Waals surface area contributed by atoms with E-state index in [1.54, 1.807) is 0 Å². The highest BCUT2D eigenvalue weighted by atomic mass is 16.5. The first-order valence-electron chi connectivity index (χ1n) is 8.33. The van der Waals surface area contributed by atoms with Gasteiger partial charge >= 0.3 is 0 Å². The van der Waals surface area contributed by atoms with Crippen LogP contribution in [0.1, 0.15) is 19.4 Å². The van der Waals surface area contributed by atoms with Gasteiger partial charge in [0.25, 0.3) is 0 Å². The summed E-state index contributed by atoms with van der Waals surface area (Å²) in [6.07, 6.45) is 1.05. The Kier molecular flexibility index (Phi) is 3.50. The third-order valence-electron chi connectivity index (χ3n) is 4.75. The predicted molar refractivity (Wildman–Crippen MR) is 95.3 cm³/mol. The van der Waals surface area contributed by atoms with E-state index < -0.39 is 0 Å². The van der Waals surface area contributed by atoms with Crippen molar-refractivity contribution in [3.63, 3.8) is 0 Å². The zero-order valence-electron chi connectivity index (χ0n) is 13.8. The highest BCUT2D eigenvalue weighted by molar-refractivity contribution is 6.05. The molecule has 1 aliphatic rings. The maximum absolute atomic E-state index is 6.33. The Balaban J connectivity index is 1.85. The highest BCUT2D eigenvalue weighted by Gasteiger charge is 2.34. The van der Waals surface area contributed by atoms with Crippen molar-refractivity contribution in [2.24, 2.45) is 5.41 Å². The molecule has 1 fully saturated rings. The molecule has 1 saturated heterocycles. The summed E-state index contributed by atoms with van der Waals surface area (Å²) in [5.41, 5.74) is 1.50. The minimum absolute atomic E-state index is 0.145. The van der Waals surface area contributed by atoms with E-state index in [9.17, 15) is 0 Å². The van der Waals surface area contributed by atoms with Crippen molar-refractivity contribution in [1.82, 2.24) is 0 Å². The van der Waals surface area contributed by atoms with Crippen molar-refractivity contribution in [3.8, 4) is 5.75 Å². The summed E-state index contributed by atoms with van der Waals surface area (Å²) in [5, 5.41) is 4.88. The van der Waals surface area contributed by atoms with Gasteiger partial charge in [0.05, 0.1) is 19.8 Å². The van der Waals surface area contributed by atoms with E-state index in [1.165, 1.54) is 27.1 Å². The van der Waals surface area contributed by atoms with E-state index >= 15 is 0 Å². The standard InChI is InChI=1S/C21H22O2/c1-3-15-8-9-19-17(10-15)11-16-6-4-5-7-18(16)20(19)23-14-21(2)12-22-13-21/h4-11H,3,12-14H2,1-2H3. The fourth-order valence-electron chi connectivity index (χ4n) is 3.24. The van der Waals surface area contributed by atoms with Crippen molar-refractivity contribution in [3.05, 3.63) is 54.1 Å². The molecule has 0 aromatic heterocycles. The second kappa shape index (κ2) is 5.54. The van der Waals surface area contributed by atoms with Crippen LogP contribution in [0.25, 0.3) is 21.5 Å². The Labute approximate surface area is 137 Å². The zero-order valence-corrected chi connectivity index (χ0v) is 13.8. The number of rotatable bonds is 4. The Hall–Kier alpha value is -2.06. The number of ether oxygens (including phenoxy) is 2. The van der Waals surface area contributed by atoms with Crippen LogP contribution in [0.4, 0.5) is 0 Å². The smallest absolute Gasteiger partial charge is 0.134 e. The number of fused-ring (bicyclic) bond motifs is 2. The Bertz CT molecular complexity index is 862. The van der Waals surface area contributed by atoms with E-state index in [2.05, 4.69) is 62.4 Å². The van der Waals surface area contributed by atoms with E-state index in [1.807, 2.05) is 0 Å². The molecule has 1 aliphatic heterocycles. The molecule has 0 N–H and O–H groups in total. The number of hydrogen-bond donors (Lipinski definition) is 0. The number of aryl methyl sites for hydroxylation is 1. The molecule has 2 nitrogen and oxygen atoms in total. The van der Waals surface area contributed by atoms with E-state index in [-0.39, 0.29) is 5.41 Å². The Morgan fingerprint density at radius 2 is 1.78 bits per heavy atom. The second-order valence-electron chi connectivity index (χ2n) is 6.93. The molecule has 3 aromatic rings. The van der Waals surface area contributed by atoms with Crippen molar-refractivity contribution < 1.29 is 9.47 Å². The Morgan fingerprint density at radius 1 is 1.00 bits per heavy atom. The average Bonchev–Trinajstić information content (AvgIpc) is 2.56. The lowest BCUT2D eigenvalue weighted by Gasteiger charge is -2.37. The lowest BCUT2D eigenvalue weighted by Crippen LogP contribution is -2.44. The molecule has 2 heteroatoms. The topological polar surface area (TPSA) is 18.5 Å². The van der Waals surface area contributed by atoms with Gasteiger partial charge in [-0.2, -0.15) is 0 Å². The first-order valence-corrected chi connectivity index (χ1v) is 8.33. The fraction of sp³-hybridized carbons (Fsp3) is 0.333. The predicted octanol–water partition coefficient (Wildman–Crippen LogP) is 4.97. The molecule has 3 aromatic carbocycles. The van der Waals surface area contributed by atoms with Gasteiger partial charge in [0.2, 0.25) is 0 Å². The van der Waals surface area contributed by atoms with Crippen molar-refractivity contribution >= 4 is 21.5 Å². The molecule has 118 valence electrons. The zero-order chi connectivity index (χ0) is 15.9. The van der Waals surface area contributed by atoms with Gasteiger partial charge in [-0.3, -0.25) is 0 Å². The van der Waals surface area contributed by atoms with E-state index in [0.29, 0.717) is 6.61 Å². The third kappa shape index (κ3) is 2.57. The van der Waals surface area contributed by atoms with Crippen molar-refractivity contribution in [2.45, 2.75) is 20.3 Å². The molecule has 0 unspecified atom stereocenters. The maximum atomic E-state index is 6.33. The summed E-state index contributed by atoms with van der Waals surface area (Å²) < 4.78 is 11.7. The molecule has 0 aliphatic carbocycles. The van der Waals surface area contributed by atoms with Crippen LogP contribution in [0.15, 0.2) is 48.5 Å². The van der Waals surface area contributed by atoms with Crippen molar-refractivity contribution in [1.29, 1.82) is 0 Å². The molecule has 0 saturated carbocycles. The molecular weight excluding hydrogens is 284 g/mol. The summed E-state index contributed by atoms with van der Waals surface area (Å²) in [5.74, 6) is 1.01. The summed E-state index contributed by atoms with van der Waals surface area (Å²) in [6.45, 7) is 6.69. The maximum Gasteiger partial charge on any atom is 0.134 e. The van der Waals surface area contributed by atoms with Gasteiger partial charge in [0.15, 0.2) is 0 Å². The van der Waals surface area contributed by atoms with Crippen LogP contribution in [0.3, 0.4) is 0 Å². The average molecular weight is 306 g/mol. The first kappa shape index (κ1) is 14.5. The summed E-state index contributed by atoms with van der Waals surface area (Å²) >= 11 is 0. The highest BCUT2D eigenvalue weighted by Crippen LogP contribution is 2.37. The summed E-state index contributed by atoms with van der Waals surface area (Å²) in [4.78, 5) is 0. The molecular formula is C21H22O2. The lowest BCUT2D eigenvalue weighted by molar-refractivity contribution is -0.120. The van der Waals surface area contributed by atoms with E-state index in [4.69, 9.17) is 9.47 Å². The molecule has 4 rings (SSSR count). The second-order valence-corrected chi connectivity index (χ2v) is 6.93. The van der Waals surface area contributed by atoms with Crippen LogP contribution in [-0.4, -0.2) is 19.8 Å². The van der Waals surface area contributed by atoms with Crippen LogP contribution in [0.5, 0.6) is 5.75 Å². The van der Waals surface area contributed by atoms with Crippen LogP contribution in [0, 0.1) is 5.41 Å². The summed E-state index contributed by atoms with van der Waals surface area (Å²) in [7, 11) is 0. The first-order chi connectivity index (χ1) is 11.2. The van der Waals surface area contributed by atoms with Gasteiger partial charge in [-0.15, -0.1) is 0 Å². The molecule has 0 radical (unpaired) electrons. The van der Waals surface area contributed by atoms with Gasteiger partial charge in [-0.25, -0.2) is 0 Å². The largest absolute Gasteiger partial charge is 0.492 e. The molecule has 0 amide bonds. The summed E-state index contributed by atoms with van der Waals surface area (Å²) in [6, 6.07) is 17.4. The Morgan fingerprint density at radius 3 is 2.52 bits per heavy atom. The number of hydrogen-bond acceptors (Lipinski definition) is 2. The molecule has 0 bridgehead atoms. The minimum Gasteiger partial charge on any atom is -0.492 e. The van der Waals surface area contributed by atoms with Gasteiger partial charge in [0.1, 0.15) is 5.75 Å². The van der Waals surface area contributed by atoms with Gasteiger partial charge in [-0.1, -0.05) is 56.3 Å². The van der Waals surface area contributed by atoms with Gasteiger partial charge in [0, 0.05) is 16.2 Å². The SMILES string of the molecule is CCc1ccc2c(OCC3(C)COC3)c3ccccc3cc2c1. The number of benzene rings is 3.